The molecular weight excluding hydrogens is 224 g/mol. The first-order chi connectivity index (χ1) is 7.37. The van der Waals surface area contributed by atoms with Crippen LogP contribution in [0.25, 0.3) is 0 Å². The van der Waals surface area contributed by atoms with Crippen LogP contribution in [0.4, 0.5) is 5.69 Å². The molecule has 16 heavy (non-hydrogen) atoms. The van der Waals surface area contributed by atoms with Gasteiger partial charge in [0, 0.05) is 11.7 Å². The standard InChI is InChI=1S/C11H18N2O2S/c1-9(12)6-7-10-4-3-5-11(8-10)13-16(2,14)15/h3-5,8-9,13H,6-7,12H2,1-2H3. The van der Waals surface area contributed by atoms with Crippen molar-refractivity contribution < 1.29 is 8.42 Å². The Morgan fingerprint density at radius 1 is 1.44 bits per heavy atom. The fraction of sp³-hybridized carbons (Fsp3) is 0.455. The Labute approximate surface area is 96.9 Å². The number of hydrogen-bond acceptors (Lipinski definition) is 3. The molecule has 0 aliphatic heterocycles. The smallest absolute Gasteiger partial charge is 0.229 e. The summed E-state index contributed by atoms with van der Waals surface area (Å²) >= 11 is 0. The lowest BCUT2D eigenvalue weighted by molar-refractivity contribution is 0.607. The second-order valence-corrected chi connectivity index (χ2v) is 5.84. The minimum atomic E-state index is -3.20. The zero-order valence-corrected chi connectivity index (χ0v) is 10.4. The van der Waals surface area contributed by atoms with Crippen molar-refractivity contribution in [2.75, 3.05) is 11.0 Å². The normalized spacial score (nSPS) is 13.4. The van der Waals surface area contributed by atoms with Crippen LogP contribution < -0.4 is 10.5 Å². The fourth-order valence-electron chi connectivity index (χ4n) is 1.40. The molecule has 1 aromatic carbocycles. The molecule has 0 fully saturated rings. The molecule has 90 valence electrons. The lowest BCUT2D eigenvalue weighted by Crippen LogP contribution is -2.15. The molecule has 0 aliphatic rings. The molecule has 0 saturated carbocycles. The molecular formula is C11H18N2O2S. The van der Waals surface area contributed by atoms with Crippen LogP contribution in [-0.4, -0.2) is 20.7 Å². The summed E-state index contributed by atoms with van der Waals surface area (Å²) in [6.07, 6.45) is 2.89. The summed E-state index contributed by atoms with van der Waals surface area (Å²) in [5, 5.41) is 0. The third kappa shape index (κ3) is 5.14. The van der Waals surface area contributed by atoms with Crippen LogP contribution in [0.3, 0.4) is 0 Å². The van der Waals surface area contributed by atoms with Crippen molar-refractivity contribution in [1.82, 2.24) is 0 Å². The Morgan fingerprint density at radius 2 is 2.12 bits per heavy atom. The highest BCUT2D eigenvalue weighted by Gasteiger charge is 2.03. The third-order valence-electron chi connectivity index (χ3n) is 2.12. The molecule has 1 rings (SSSR count). The molecule has 1 atom stereocenters. The molecule has 0 saturated heterocycles. The molecule has 0 aliphatic carbocycles. The summed E-state index contributed by atoms with van der Waals surface area (Å²) in [6.45, 7) is 1.96. The van der Waals surface area contributed by atoms with Gasteiger partial charge in [-0.3, -0.25) is 4.72 Å². The molecule has 1 aromatic rings. The Hall–Kier alpha value is -1.07. The summed E-state index contributed by atoms with van der Waals surface area (Å²) < 4.78 is 24.5. The van der Waals surface area contributed by atoms with Gasteiger partial charge in [0.2, 0.25) is 10.0 Å². The average molecular weight is 242 g/mol. The van der Waals surface area contributed by atoms with Gasteiger partial charge in [0.1, 0.15) is 0 Å². The monoisotopic (exact) mass is 242 g/mol. The van der Waals surface area contributed by atoms with Crippen LogP contribution in [0.5, 0.6) is 0 Å². The molecule has 5 heteroatoms. The predicted octanol–water partition coefficient (Wildman–Crippen LogP) is 1.34. The van der Waals surface area contributed by atoms with Crippen molar-refractivity contribution in [3.8, 4) is 0 Å². The minimum Gasteiger partial charge on any atom is -0.328 e. The highest BCUT2D eigenvalue weighted by molar-refractivity contribution is 7.92. The van der Waals surface area contributed by atoms with Gasteiger partial charge in [-0.2, -0.15) is 0 Å². The summed E-state index contributed by atoms with van der Waals surface area (Å²) in [5.74, 6) is 0. The van der Waals surface area contributed by atoms with Gasteiger partial charge in [-0.05, 0) is 37.5 Å². The number of benzene rings is 1. The van der Waals surface area contributed by atoms with Gasteiger partial charge in [-0.25, -0.2) is 8.42 Å². The largest absolute Gasteiger partial charge is 0.328 e. The number of sulfonamides is 1. The summed E-state index contributed by atoms with van der Waals surface area (Å²) in [7, 11) is -3.20. The van der Waals surface area contributed by atoms with Gasteiger partial charge in [0.15, 0.2) is 0 Å². The van der Waals surface area contributed by atoms with Gasteiger partial charge in [-0.1, -0.05) is 12.1 Å². The van der Waals surface area contributed by atoms with Crippen LogP contribution in [0, 0.1) is 0 Å². The Balaban J connectivity index is 2.71. The van der Waals surface area contributed by atoms with E-state index in [9.17, 15) is 8.42 Å². The zero-order chi connectivity index (χ0) is 12.2. The van der Waals surface area contributed by atoms with E-state index in [1.165, 1.54) is 0 Å². The maximum atomic E-state index is 11.0. The van der Waals surface area contributed by atoms with Gasteiger partial charge >= 0.3 is 0 Å². The van der Waals surface area contributed by atoms with E-state index in [1.54, 1.807) is 6.07 Å². The molecule has 0 aromatic heterocycles. The van der Waals surface area contributed by atoms with Crippen molar-refractivity contribution >= 4 is 15.7 Å². The Bertz CT molecular complexity index is 441. The summed E-state index contributed by atoms with van der Waals surface area (Å²) in [4.78, 5) is 0. The molecule has 0 bridgehead atoms. The topological polar surface area (TPSA) is 72.2 Å². The van der Waals surface area contributed by atoms with E-state index in [2.05, 4.69) is 4.72 Å². The van der Waals surface area contributed by atoms with E-state index in [1.807, 2.05) is 25.1 Å². The van der Waals surface area contributed by atoms with Crippen LogP contribution in [-0.2, 0) is 16.4 Å². The first-order valence-corrected chi connectivity index (χ1v) is 7.08. The van der Waals surface area contributed by atoms with Crippen LogP contribution in [0.2, 0.25) is 0 Å². The van der Waals surface area contributed by atoms with E-state index in [-0.39, 0.29) is 6.04 Å². The summed E-state index contributed by atoms with van der Waals surface area (Å²) in [5.41, 5.74) is 7.36. The van der Waals surface area contributed by atoms with Crippen molar-refractivity contribution in [2.24, 2.45) is 5.73 Å². The van der Waals surface area contributed by atoms with E-state index in [0.717, 1.165) is 24.7 Å². The molecule has 4 nitrogen and oxygen atoms in total. The maximum absolute atomic E-state index is 11.0. The van der Waals surface area contributed by atoms with Crippen LogP contribution >= 0.6 is 0 Å². The highest BCUT2D eigenvalue weighted by atomic mass is 32.2. The van der Waals surface area contributed by atoms with Crippen molar-refractivity contribution in [3.05, 3.63) is 29.8 Å². The number of rotatable bonds is 5. The SMILES string of the molecule is CC(N)CCc1cccc(NS(C)(=O)=O)c1. The number of nitrogens with two attached hydrogens (primary N) is 1. The van der Waals surface area contributed by atoms with Gasteiger partial charge in [0.05, 0.1) is 6.26 Å². The summed E-state index contributed by atoms with van der Waals surface area (Å²) in [6, 6.07) is 7.53. The van der Waals surface area contributed by atoms with Crippen molar-refractivity contribution in [3.63, 3.8) is 0 Å². The van der Waals surface area contributed by atoms with Crippen molar-refractivity contribution in [2.45, 2.75) is 25.8 Å². The predicted molar refractivity (Wildman–Crippen MR) is 66.9 cm³/mol. The molecule has 1 unspecified atom stereocenters. The van der Waals surface area contributed by atoms with E-state index in [0.29, 0.717) is 5.69 Å². The molecule has 0 heterocycles. The van der Waals surface area contributed by atoms with E-state index < -0.39 is 10.0 Å². The fourth-order valence-corrected chi connectivity index (χ4v) is 1.95. The Kier molecular flexibility index (Phi) is 4.32. The van der Waals surface area contributed by atoms with Crippen molar-refractivity contribution in [1.29, 1.82) is 0 Å². The second-order valence-electron chi connectivity index (χ2n) is 4.09. The van der Waals surface area contributed by atoms with Crippen LogP contribution in [0.1, 0.15) is 18.9 Å². The first-order valence-electron chi connectivity index (χ1n) is 5.19. The minimum absolute atomic E-state index is 0.159. The van der Waals surface area contributed by atoms with E-state index in [4.69, 9.17) is 5.73 Å². The lowest BCUT2D eigenvalue weighted by atomic mass is 10.1. The number of nitrogens with one attached hydrogen (secondary N) is 1. The Morgan fingerprint density at radius 3 is 2.69 bits per heavy atom. The first kappa shape index (κ1) is 13.0. The van der Waals surface area contributed by atoms with Gasteiger partial charge in [0.25, 0.3) is 0 Å². The molecule has 0 radical (unpaired) electrons. The number of aryl methyl sites for hydroxylation is 1. The second kappa shape index (κ2) is 5.32. The third-order valence-corrected chi connectivity index (χ3v) is 2.73. The number of anilines is 1. The average Bonchev–Trinajstić information content (AvgIpc) is 2.12. The number of hydrogen-bond donors (Lipinski definition) is 2. The highest BCUT2D eigenvalue weighted by Crippen LogP contribution is 2.13. The zero-order valence-electron chi connectivity index (χ0n) is 9.60. The van der Waals surface area contributed by atoms with E-state index >= 15 is 0 Å². The molecule has 0 spiro atoms. The van der Waals surface area contributed by atoms with Gasteiger partial charge in [-0.15, -0.1) is 0 Å². The molecule has 3 N–H and O–H groups in total. The quantitative estimate of drug-likeness (QED) is 0.818. The van der Waals surface area contributed by atoms with Gasteiger partial charge < -0.3 is 5.73 Å². The lowest BCUT2D eigenvalue weighted by Gasteiger charge is -2.08. The molecule has 0 amide bonds. The maximum Gasteiger partial charge on any atom is 0.229 e. The van der Waals surface area contributed by atoms with Crippen LogP contribution in [0.15, 0.2) is 24.3 Å².